The highest BCUT2D eigenvalue weighted by molar-refractivity contribution is 5.81. The second-order valence-corrected chi connectivity index (χ2v) is 5.45. The van der Waals surface area contributed by atoms with E-state index >= 15 is 0 Å². The predicted molar refractivity (Wildman–Crippen MR) is 88.3 cm³/mol. The molecule has 7 nitrogen and oxygen atoms in total. The Morgan fingerprint density at radius 2 is 1.58 bits per heavy atom. The molecule has 1 aliphatic rings. The molecule has 2 rings (SSSR count). The lowest BCUT2D eigenvalue weighted by Crippen LogP contribution is -2.53. The largest absolute Gasteiger partial charge is 0.497 e. The summed E-state index contributed by atoms with van der Waals surface area (Å²) < 4.78 is 15.8. The summed E-state index contributed by atoms with van der Waals surface area (Å²) in [6, 6.07) is 7.10. The number of methoxy groups -OCH3 is 1. The van der Waals surface area contributed by atoms with E-state index in [0.29, 0.717) is 38.5 Å². The summed E-state index contributed by atoms with van der Waals surface area (Å²) in [5, 5.41) is 0. The van der Waals surface area contributed by atoms with E-state index in [1.54, 1.807) is 55.0 Å². The molecule has 1 fully saturated rings. The molecule has 1 aromatic carbocycles. The molecule has 0 radical (unpaired) electrons. The van der Waals surface area contributed by atoms with Crippen LogP contribution in [-0.2, 0) is 9.53 Å². The Hall–Kier alpha value is -2.44. The second kappa shape index (κ2) is 8.42. The number of carbonyl (C=O) groups excluding carboxylic acids is 2. The van der Waals surface area contributed by atoms with Crippen LogP contribution >= 0.6 is 0 Å². The molecule has 0 spiro atoms. The minimum atomic E-state index is -0.590. The number of hydrogen-bond acceptors (Lipinski definition) is 5. The van der Waals surface area contributed by atoms with Crippen LogP contribution in [0.1, 0.15) is 13.8 Å². The lowest BCUT2D eigenvalue weighted by Gasteiger charge is -2.35. The first-order chi connectivity index (χ1) is 11.5. The van der Waals surface area contributed by atoms with Gasteiger partial charge in [0.25, 0.3) is 5.91 Å². The van der Waals surface area contributed by atoms with Crippen molar-refractivity contribution in [3.63, 3.8) is 0 Å². The Balaban J connectivity index is 1.84. The fraction of sp³-hybridized carbons (Fsp3) is 0.529. The van der Waals surface area contributed by atoms with Gasteiger partial charge in [0.05, 0.1) is 13.7 Å². The van der Waals surface area contributed by atoms with E-state index in [0.717, 1.165) is 5.75 Å². The predicted octanol–water partition coefficient (Wildman–Crippen LogP) is 1.76. The molecule has 1 saturated heterocycles. The van der Waals surface area contributed by atoms with Crippen LogP contribution in [0.4, 0.5) is 4.79 Å². The number of benzene rings is 1. The van der Waals surface area contributed by atoms with Crippen LogP contribution in [0.3, 0.4) is 0 Å². The van der Waals surface area contributed by atoms with Crippen LogP contribution in [0.25, 0.3) is 0 Å². The summed E-state index contributed by atoms with van der Waals surface area (Å²) in [4.78, 5) is 27.5. The van der Waals surface area contributed by atoms with E-state index in [4.69, 9.17) is 14.2 Å². The van der Waals surface area contributed by atoms with Crippen molar-refractivity contribution >= 4 is 12.0 Å². The van der Waals surface area contributed by atoms with Crippen molar-refractivity contribution in [3.05, 3.63) is 24.3 Å². The minimum Gasteiger partial charge on any atom is -0.497 e. The van der Waals surface area contributed by atoms with Crippen LogP contribution < -0.4 is 9.47 Å². The average molecular weight is 336 g/mol. The fourth-order valence-electron chi connectivity index (χ4n) is 2.49. The summed E-state index contributed by atoms with van der Waals surface area (Å²) in [6.45, 7) is 5.76. The Bertz CT molecular complexity index is 553. The molecular formula is C17H24N2O5. The summed E-state index contributed by atoms with van der Waals surface area (Å²) >= 11 is 0. The standard InChI is InChI=1S/C17H24N2O5/c1-4-23-17(21)19-11-9-18(10-12-19)16(20)13(2)24-15-7-5-14(22-3)6-8-15/h5-8,13H,4,9-12H2,1-3H3/t13-/m1/s1. The monoisotopic (exact) mass is 336 g/mol. The summed E-state index contributed by atoms with van der Waals surface area (Å²) in [6.07, 6.45) is -0.917. The van der Waals surface area contributed by atoms with Crippen molar-refractivity contribution in [1.29, 1.82) is 0 Å². The van der Waals surface area contributed by atoms with Crippen molar-refractivity contribution in [2.45, 2.75) is 20.0 Å². The maximum Gasteiger partial charge on any atom is 0.409 e. The first kappa shape index (κ1) is 17.9. The zero-order chi connectivity index (χ0) is 17.5. The molecule has 1 aromatic rings. The Morgan fingerprint density at radius 1 is 1.04 bits per heavy atom. The normalized spacial score (nSPS) is 15.6. The second-order valence-electron chi connectivity index (χ2n) is 5.45. The van der Waals surface area contributed by atoms with Gasteiger partial charge in [-0.1, -0.05) is 0 Å². The lowest BCUT2D eigenvalue weighted by atomic mass is 10.2. The van der Waals surface area contributed by atoms with Gasteiger partial charge < -0.3 is 24.0 Å². The van der Waals surface area contributed by atoms with E-state index in [1.807, 2.05) is 0 Å². The molecule has 1 heterocycles. The quantitative estimate of drug-likeness (QED) is 0.820. The van der Waals surface area contributed by atoms with E-state index in [-0.39, 0.29) is 12.0 Å². The maximum absolute atomic E-state index is 12.5. The first-order valence-electron chi connectivity index (χ1n) is 8.06. The highest BCUT2D eigenvalue weighted by Gasteiger charge is 2.28. The molecule has 0 aliphatic carbocycles. The molecule has 1 atom stereocenters. The molecular weight excluding hydrogens is 312 g/mol. The first-order valence-corrected chi connectivity index (χ1v) is 8.06. The third kappa shape index (κ3) is 4.53. The van der Waals surface area contributed by atoms with Crippen molar-refractivity contribution in [2.24, 2.45) is 0 Å². The van der Waals surface area contributed by atoms with Crippen LogP contribution in [0.15, 0.2) is 24.3 Å². The average Bonchev–Trinajstić information content (AvgIpc) is 2.62. The minimum absolute atomic E-state index is 0.0886. The van der Waals surface area contributed by atoms with Gasteiger partial charge in [0, 0.05) is 26.2 Å². The van der Waals surface area contributed by atoms with Gasteiger partial charge in [-0.3, -0.25) is 4.79 Å². The molecule has 132 valence electrons. The molecule has 1 aliphatic heterocycles. The molecule has 24 heavy (non-hydrogen) atoms. The number of carbonyl (C=O) groups is 2. The molecule has 0 unspecified atom stereocenters. The number of hydrogen-bond donors (Lipinski definition) is 0. The van der Waals surface area contributed by atoms with Gasteiger partial charge in [-0.2, -0.15) is 0 Å². The third-order valence-corrected chi connectivity index (χ3v) is 3.84. The molecule has 0 N–H and O–H groups in total. The number of amides is 2. The lowest BCUT2D eigenvalue weighted by molar-refractivity contribution is -0.139. The third-order valence-electron chi connectivity index (χ3n) is 3.84. The smallest absolute Gasteiger partial charge is 0.409 e. The molecule has 2 amide bonds. The van der Waals surface area contributed by atoms with E-state index in [1.165, 1.54) is 0 Å². The molecule has 0 aromatic heterocycles. The van der Waals surface area contributed by atoms with Gasteiger partial charge in [-0.15, -0.1) is 0 Å². The van der Waals surface area contributed by atoms with Crippen molar-refractivity contribution in [3.8, 4) is 11.5 Å². The fourth-order valence-corrected chi connectivity index (χ4v) is 2.49. The topological polar surface area (TPSA) is 68.3 Å². The Kier molecular flexibility index (Phi) is 6.28. The van der Waals surface area contributed by atoms with Gasteiger partial charge in [0.2, 0.25) is 0 Å². The number of nitrogens with zero attached hydrogens (tertiary/aromatic N) is 2. The van der Waals surface area contributed by atoms with Gasteiger partial charge >= 0.3 is 6.09 Å². The van der Waals surface area contributed by atoms with Crippen LogP contribution in [0.2, 0.25) is 0 Å². The molecule has 7 heteroatoms. The van der Waals surface area contributed by atoms with Crippen molar-refractivity contribution in [2.75, 3.05) is 39.9 Å². The summed E-state index contributed by atoms with van der Waals surface area (Å²) in [5.41, 5.74) is 0. The van der Waals surface area contributed by atoms with Crippen LogP contribution in [0.5, 0.6) is 11.5 Å². The highest BCUT2D eigenvalue weighted by Crippen LogP contribution is 2.19. The van der Waals surface area contributed by atoms with Crippen LogP contribution in [0, 0.1) is 0 Å². The highest BCUT2D eigenvalue weighted by atomic mass is 16.6. The zero-order valence-corrected chi connectivity index (χ0v) is 14.4. The number of rotatable bonds is 5. The summed E-state index contributed by atoms with van der Waals surface area (Å²) in [5.74, 6) is 1.26. The zero-order valence-electron chi connectivity index (χ0n) is 14.4. The summed E-state index contributed by atoms with van der Waals surface area (Å²) in [7, 11) is 1.60. The number of ether oxygens (including phenoxy) is 3. The SMILES string of the molecule is CCOC(=O)N1CCN(C(=O)[C@@H](C)Oc2ccc(OC)cc2)CC1. The van der Waals surface area contributed by atoms with E-state index < -0.39 is 6.10 Å². The van der Waals surface area contributed by atoms with Crippen molar-refractivity contribution < 1.29 is 23.8 Å². The maximum atomic E-state index is 12.5. The molecule has 0 bridgehead atoms. The van der Waals surface area contributed by atoms with Gasteiger partial charge in [0.1, 0.15) is 11.5 Å². The van der Waals surface area contributed by atoms with Gasteiger partial charge in [0.15, 0.2) is 6.10 Å². The number of piperazine rings is 1. The van der Waals surface area contributed by atoms with Gasteiger partial charge in [-0.25, -0.2) is 4.79 Å². The molecule has 0 saturated carbocycles. The van der Waals surface area contributed by atoms with Crippen LogP contribution in [-0.4, -0.2) is 67.8 Å². The van der Waals surface area contributed by atoms with Crippen molar-refractivity contribution in [1.82, 2.24) is 9.80 Å². The Morgan fingerprint density at radius 3 is 2.12 bits per heavy atom. The Labute approximate surface area is 142 Å². The van der Waals surface area contributed by atoms with E-state index in [2.05, 4.69) is 0 Å². The van der Waals surface area contributed by atoms with Gasteiger partial charge in [-0.05, 0) is 38.1 Å². The van der Waals surface area contributed by atoms with E-state index in [9.17, 15) is 9.59 Å².